The Morgan fingerprint density at radius 1 is 0.717 bits per heavy atom. The highest BCUT2D eigenvalue weighted by Crippen LogP contribution is 2.31. The Hall–Kier alpha value is -5.19. The van der Waals surface area contributed by atoms with Gasteiger partial charge in [-0.25, -0.2) is 0 Å². The van der Waals surface area contributed by atoms with Crippen molar-refractivity contribution >= 4 is 45.3 Å². The molecule has 2 aromatic heterocycles. The van der Waals surface area contributed by atoms with E-state index in [1.807, 2.05) is 78.9 Å². The maximum atomic E-state index is 13.4. The number of fused-ring (bicyclic) bond motifs is 3. The Labute approximate surface area is 263 Å². The summed E-state index contributed by atoms with van der Waals surface area (Å²) in [5.74, 6) is -1.88. The van der Waals surface area contributed by atoms with Gasteiger partial charge in [0.2, 0.25) is 0 Å². The Morgan fingerprint density at radius 3 is 1.96 bits per heavy atom. The van der Waals surface area contributed by atoms with E-state index in [4.69, 9.17) is 18.9 Å². The van der Waals surface area contributed by atoms with Gasteiger partial charge in [-0.05, 0) is 46.4 Å². The molecule has 1 saturated heterocycles. The highest BCUT2D eigenvalue weighted by atomic mass is 16.7. The van der Waals surface area contributed by atoms with Crippen LogP contribution in [-0.2, 0) is 52.6 Å². The van der Waals surface area contributed by atoms with Crippen molar-refractivity contribution in [2.75, 3.05) is 6.61 Å². The minimum Gasteiger partial charge on any atom is -0.456 e. The van der Waals surface area contributed by atoms with Crippen LogP contribution in [-0.4, -0.2) is 64.2 Å². The number of hydrogen-bond acceptors (Lipinski definition) is 8. The van der Waals surface area contributed by atoms with Crippen LogP contribution in [0.25, 0.3) is 27.4 Å². The van der Waals surface area contributed by atoms with E-state index in [0.29, 0.717) is 11.1 Å². The molecule has 234 valence electrons. The number of aliphatic hydroxyl groups excluding tert-OH is 1. The van der Waals surface area contributed by atoms with Gasteiger partial charge < -0.3 is 34.0 Å². The van der Waals surface area contributed by atoms with Gasteiger partial charge in [0.25, 0.3) is 0 Å². The molecule has 0 bridgehead atoms. The van der Waals surface area contributed by atoms with Crippen molar-refractivity contribution in [1.29, 1.82) is 0 Å². The van der Waals surface area contributed by atoms with E-state index in [9.17, 15) is 19.5 Å². The zero-order chi connectivity index (χ0) is 31.6. The summed E-state index contributed by atoms with van der Waals surface area (Å²) in [5, 5.41) is 12.6. The van der Waals surface area contributed by atoms with Crippen LogP contribution < -0.4 is 0 Å². The molecule has 0 spiro atoms. The number of aliphatic hydroxyl groups is 1. The molecular formula is C36H32N2O8. The quantitative estimate of drug-likeness (QED) is 0.161. The van der Waals surface area contributed by atoms with Gasteiger partial charge >= 0.3 is 17.9 Å². The number of aromatic nitrogens is 2. The second-order valence-corrected chi connectivity index (χ2v) is 11.5. The van der Waals surface area contributed by atoms with Gasteiger partial charge in [0.1, 0.15) is 0 Å². The van der Waals surface area contributed by atoms with Crippen molar-refractivity contribution in [3.8, 4) is 0 Å². The third-order valence-corrected chi connectivity index (χ3v) is 8.51. The molecule has 10 heteroatoms. The number of ether oxygens (including phenoxy) is 4. The standard InChI is InChI=1S/C36H32N2O8/c39-31(15-22-14-13-21-7-1-2-8-25(21)22)44-30-20-43-36(42)35(46-33(41)17-24-19-38-29-12-6-4-10-27(24)29)34(30)45-32(40)16-23-18-37-28-11-5-3-9-26(23)28/h1-12,14,18-19,30,34-38,42H,13,15-17,20H2/t30-,34-,35+,36?/m0/s1. The fraction of sp³-hybridized carbons (Fsp3) is 0.250. The number of carbonyl (C=O) groups is 3. The van der Waals surface area contributed by atoms with E-state index >= 15 is 0 Å². The second-order valence-electron chi connectivity index (χ2n) is 11.5. The number of allylic oxidation sites excluding steroid dienone is 1. The van der Waals surface area contributed by atoms with Gasteiger partial charge in [-0.15, -0.1) is 0 Å². The van der Waals surface area contributed by atoms with Gasteiger partial charge in [0, 0.05) is 34.2 Å². The topological polar surface area (TPSA) is 140 Å². The van der Waals surface area contributed by atoms with Crippen LogP contribution in [0, 0.1) is 0 Å². The first-order valence-corrected chi connectivity index (χ1v) is 15.2. The smallest absolute Gasteiger partial charge is 0.310 e. The van der Waals surface area contributed by atoms with Crippen LogP contribution in [0.1, 0.15) is 28.7 Å². The number of para-hydroxylation sites is 2. The number of hydrogen-bond donors (Lipinski definition) is 3. The normalized spacial score (nSPS) is 20.7. The summed E-state index contributed by atoms with van der Waals surface area (Å²) >= 11 is 0. The predicted molar refractivity (Wildman–Crippen MR) is 168 cm³/mol. The lowest BCUT2D eigenvalue weighted by Gasteiger charge is -2.38. The van der Waals surface area contributed by atoms with E-state index in [2.05, 4.69) is 9.97 Å². The summed E-state index contributed by atoms with van der Waals surface area (Å²) < 4.78 is 22.9. The molecule has 0 radical (unpaired) electrons. The Balaban J connectivity index is 1.10. The zero-order valence-corrected chi connectivity index (χ0v) is 24.8. The molecule has 0 amide bonds. The molecule has 7 rings (SSSR count). The number of esters is 3. The van der Waals surface area contributed by atoms with E-state index < -0.39 is 42.5 Å². The summed E-state index contributed by atoms with van der Waals surface area (Å²) in [6.45, 7) is -0.260. The lowest BCUT2D eigenvalue weighted by Crippen LogP contribution is -2.57. The number of carbonyl (C=O) groups excluding carboxylic acids is 3. The average molecular weight is 621 g/mol. The van der Waals surface area contributed by atoms with Crippen molar-refractivity contribution < 1.29 is 38.4 Å². The first-order chi connectivity index (χ1) is 22.4. The number of benzene rings is 3. The molecule has 3 N–H and O–H groups in total. The maximum Gasteiger partial charge on any atom is 0.310 e. The first-order valence-electron chi connectivity index (χ1n) is 15.2. The SMILES string of the molecule is O=C(Cc1c[nH]c2ccccc12)O[C@H]1[C@@H](OC(=O)CC2=CCc3ccccc32)COC(O)[C@@H]1OC(=O)Cc1c[nH]c2ccccc12. The average Bonchev–Trinajstić information content (AvgIpc) is 3.78. The van der Waals surface area contributed by atoms with E-state index in [1.165, 1.54) is 0 Å². The molecule has 2 aliphatic rings. The van der Waals surface area contributed by atoms with Crippen LogP contribution in [0.15, 0.2) is 91.3 Å². The van der Waals surface area contributed by atoms with E-state index in [1.54, 1.807) is 12.4 Å². The molecule has 3 aromatic carbocycles. The summed E-state index contributed by atoms with van der Waals surface area (Å²) in [4.78, 5) is 46.1. The molecule has 46 heavy (non-hydrogen) atoms. The molecule has 10 nitrogen and oxygen atoms in total. The largest absolute Gasteiger partial charge is 0.456 e. The number of rotatable bonds is 9. The fourth-order valence-electron chi connectivity index (χ4n) is 6.27. The van der Waals surface area contributed by atoms with Gasteiger partial charge in [-0.2, -0.15) is 0 Å². The molecule has 1 aliphatic carbocycles. The molecule has 1 fully saturated rings. The molecule has 5 aromatic rings. The number of H-pyrrole nitrogens is 2. The zero-order valence-electron chi connectivity index (χ0n) is 24.8. The van der Waals surface area contributed by atoms with Gasteiger partial charge in [0.15, 0.2) is 24.6 Å². The van der Waals surface area contributed by atoms with Gasteiger partial charge in [-0.1, -0.05) is 66.7 Å². The van der Waals surface area contributed by atoms with Crippen LogP contribution in [0.5, 0.6) is 0 Å². The predicted octanol–water partition coefficient (Wildman–Crippen LogP) is 4.55. The number of nitrogens with one attached hydrogen (secondary N) is 2. The Bertz CT molecular complexity index is 1960. The minimum absolute atomic E-state index is 0.00289. The van der Waals surface area contributed by atoms with Crippen molar-refractivity contribution in [3.05, 3.63) is 114 Å². The fourth-order valence-corrected chi connectivity index (χ4v) is 6.27. The second kappa shape index (κ2) is 12.7. The number of aromatic amines is 2. The van der Waals surface area contributed by atoms with Crippen LogP contribution in [0.3, 0.4) is 0 Å². The molecule has 3 heterocycles. The van der Waals surface area contributed by atoms with Gasteiger partial charge in [-0.3, -0.25) is 14.4 Å². The Morgan fingerprint density at radius 2 is 1.28 bits per heavy atom. The summed E-state index contributed by atoms with van der Waals surface area (Å²) in [5.41, 5.74) is 6.09. The van der Waals surface area contributed by atoms with Crippen molar-refractivity contribution in [1.82, 2.24) is 9.97 Å². The molecule has 1 unspecified atom stereocenters. The monoisotopic (exact) mass is 620 g/mol. The highest BCUT2D eigenvalue weighted by Gasteiger charge is 2.47. The highest BCUT2D eigenvalue weighted by molar-refractivity contribution is 5.89. The maximum absolute atomic E-state index is 13.4. The van der Waals surface area contributed by atoms with Crippen molar-refractivity contribution in [2.45, 2.75) is 50.3 Å². The first kappa shape index (κ1) is 29.5. The van der Waals surface area contributed by atoms with Crippen LogP contribution >= 0.6 is 0 Å². The third-order valence-electron chi connectivity index (χ3n) is 8.51. The van der Waals surface area contributed by atoms with Crippen molar-refractivity contribution in [2.24, 2.45) is 0 Å². The summed E-state index contributed by atoms with van der Waals surface area (Å²) in [6.07, 6.45) is 0.442. The van der Waals surface area contributed by atoms with E-state index in [-0.39, 0.29) is 25.9 Å². The molecule has 0 saturated carbocycles. The third kappa shape index (κ3) is 6.04. The lowest BCUT2D eigenvalue weighted by molar-refractivity contribution is -0.268. The van der Waals surface area contributed by atoms with E-state index in [0.717, 1.165) is 44.9 Å². The minimum atomic E-state index is -1.61. The molecular weight excluding hydrogens is 588 g/mol. The molecule has 4 atom stereocenters. The Kier molecular flexibility index (Phi) is 8.13. The lowest BCUT2D eigenvalue weighted by atomic mass is 10.0. The van der Waals surface area contributed by atoms with Crippen LogP contribution in [0.4, 0.5) is 0 Å². The summed E-state index contributed by atoms with van der Waals surface area (Å²) in [6, 6.07) is 22.9. The van der Waals surface area contributed by atoms with Crippen molar-refractivity contribution in [3.63, 3.8) is 0 Å². The molecule has 1 aliphatic heterocycles. The van der Waals surface area contributed by atoms with Crippen LogP contribution in [0.2, 0.25) is 0 Å². The van der Waals surface area contributed by atoms with Gasteiger partial charge in [0.05, 0.1) is 25.9 Å². The summed E-state index contributed by atoms with van der Waals surface area (Å²) in [7, 11) is 0.